The van der Waals surface area contributed by atoms with Crippen molar-refractivity contribution >= 4 is 21.4 Å². The summed E-state index contributed by atoms with van der Waals surface area (Å²) in [6.45, 7) is -0.201. The molecule has 1 amide bonds. The van der Waals surface area contributed by atoms with Gasteiger partial charge in [0.1, 0.15) is 5.25 Å². The molecular formula is C13H17NO4S. The molecule has 5 nitrogen and oxygen atoms in total. The van der Waals surface area contributed by atoms with Gasteiger partial charge in [-0.3, -0.25) is 4.79 Å². The quantitative estimate of drug-likeness (QED) is 0.869. The van der Waals surface area contributed by atoms with Crippen LogP contribution in [0.15, 0.2) is 24.3 Å². The van der Waals surface area contributed by atoms with Crippen LogP contribution < -0.4 is 5.32 Å². The first kappa shape index (κ1) is 14.0. The number of sulfone groups is 1. The first-order chi connectivity index (χ1) is 9.04. The van der Waals surface area contributed by atoms with Crippen molar-refractivity contribution in [3.8, 4) is 0 Å². The highest BCUT2D eigenvalue weighted by Crippen LogP contribution is 2.22. The van der Waals surface area contributed by atoms with Gasteiger partial charge in [-0.05, 0) is 18.9 Å². The fourth-order valence-electron chi connectivity index (χ4n) is 2.24. The van der Waals surface area contributed by atoms with E-state index in [1.54, 1.807) is 24.3 Å². The summed E-state index contributed by atoms with van der Waals surface area (Å²) in [6.07, 6.45) is 1.74. The topological polar surface area (TPSA) is 83.5 Å². The zero-order chi connectivity index (χ0) is 13.9. The van der Waals surface area contributed by atoms with Crippen LogP contribution >= 0.6 is 0 Å². The van der Waals surface area contributed by atoms with Crippen LogP contribution in [0.3, 0.4) is 0 Å². The molecule has 0 radical (unpaired) electrons. The number of aliphatic hydroxyl groups is 1. The molecule has 1 heterocycles. The Hall–Kier alpha value is -1.40. The van der Waals surface area contributed by atoms with E-state index in [2.05, 4.69) is 5.32 Å². The normalized spacial score (nSPS) is 21.8. The number of carbonyl (C=O) groups excluding carboxylic acids is 1. The van der Waals surface area contributed by atoms with Gasteiger partial charge in [-0.2, -0.15) is 0 Å². The molecule has 0 aliphatic carbocycles. The van der Waals surface area contributed by atoms with E-state index in [4.69, 9.17) is 0 Å². The van der Waals surface area contributed by atoms with Gasteiger partial charge < -0.3 is 10.4 Å². The number of carbonyl (C=O) groups is 1. The van der Waals surface area contributed by atoms with Crippen molar-refractivity contribution < 1.29 is 18.3 Å². The second-order valence-corrected chi connectivity index (χ2v) is 6.96. The molecule has 0 bridgehead atoms. The van der Waals surface area contributed by atoms with Gasteiger partial charge in [-0.25, -0.2) is 8.42 Å². The molecule has 2 N–H and O–H groups in total. The van der Waals surface area contributed by atoms with Crippen molar-refractivity contribution in [3.63, 3.8) is 0 Å². The monoisotopic (exact) mass is 283 g/mol. The van der Waals surface area contributed by atoms with Gasteiger partial charge in [0.2, 0.25) is 5.91 Å². The van der Waals surface area contributed by atoms with E-state index in [1.807, 2.05) is 0 Å². The third kappa shape index (κ3) is 3.13. The van der Waals surface area contributed by atoms with Gasteiger partial charge in [0.15, 0.2) is 9.84 Å². The molecule has 2 rings (SSSR count). The molecule has 1 aromatic rings. The predicted octanol–water partition coefficient (Wildman–Crippen LogP) is 1.08. The molecule has 1 aliphatic heterocycles. The molecular weight excluding hydrogens is 266 g/mol. The van der Waals surface area contributed by atoms with E-state index >= 15 is 0 Å². The van der Waals surface area contributed by atoms with Gasteiger partial charge in [-0.15, -0.1) is 0 Å². The van der Waals surface area contributed by atoms with Crippen molar-refractivity contribution in [1.29, 1.82) is 0 Å². The maximum absolute atomic E-state index is 12.1. The lowest BCUT2D eigenvalue weighted by Crippen LogP contribution is -2.39. The van der Waals surface area contributed by atoms with E-state index in [9.17, 15) is 18.3 Å². The van der Waals surface area contributed by atoms with Crippen LogP contribution in [0.1, 0.15) is 24.8 Å². The third-order valence-electron chi connectivity index (χ3n) is 3.32. The fraction of sp³-hybridized carbons (Fsp3) is 0.462. The number of aliphatic hydroxyl groups excluding tert-OH is 1. The molecule has 19 heavy (non-hydrogen) atoms. The zero-order valence-corrected chi connectivity index (χ0v) is 11.3. The van der Waals surface area contributed by atoms with Gasteiger partial charge in [-0.1, -0.05) is 24.6 Å². The molecule has 104 valence electrons. The van der Waals surface area contributed by atoms with Gasteiger partial charge in [0, 0.05) is 11.3 Å². The Morgan fingerprint density at radius 1 is 1.32 bits per heavy atom. The van der Waals surface area contributed by atoms with Crippen LogP contribution in [-0.4, -0.2) is 30.4 Å². The summed E-state index contributed by atoms with van der Waals surface area (Å²) in [5.74, 6) is -0.423. The SMILES string of the molecule is O=C(Nc1ccccc1CO)C1CCCCS1(=O)=O. The minimum absolute atomic E-state index is 0.0761. The Kier molecular flexibility index (Phi) is 4.21. The van der Waals surface area contributed by atoms with Crippen molar-refractivity contribution in [2.75, 3.05) is 11.1 Å². The number of hydrogen-bond donors (Lipinski definition) is 2. The van der Waals surface area contributed by atoms with Gasteiger partial charge in [0.25, 0.3) is 0 Å². The molecule has 0 aromatic heterocycles. The molecule has 1 aliphatic rings. The third-order valence-corrected chi connectivity index (χ3v) is 5.49. The molecule has 6 heteroatoms. The van der Waals surface area contributed by atoms with Crippen LogP contribution in [0.5, 0.6) is 0 Å². The first-order valence-corrected chi connectivity index (χ1v) is 7.97. The molecule has 1 atom stereocenters. The summed E-state index contributed by atoms with van der Waals surface area (Å²) in [5, 5.41) is 10.8. The number of amides is 1. The first-order valence-electron chi connectivity index (χ1n) is 6.26. The highest BCUT2D eigenvalue weighted by Gasteiger charge is 2.34. The maximum Gasteiger partial charge on any atom is 0.242 e. The van der Waals surface area contributed by atoms with Crippen LogP contribution in [-0.2, 0) is 21.2 Å². The van der Waals surface area contributed by atoms with Crippen LogP contribution in [0.25, 0.3) is 0 Å². The number of benzene rings is 1. The molecule has 1 aromatic carbocycles. The molecule has 1 fully saturated rings. The summed E-state index contributed by atoms with van der Waals surface area (Å²) >= 11 is 0. The summed E-state index contributed by atoms with van der Waals surface area (Å²) < 4.78 is 23.7. The van der Waals surface area contributed by atoms with Crippen LogP contribution in [0.2, 0.25) is 0 Å². The van der Waals surface area contributed by atoms with E-state index in [-0.39, 0.29) is 12.4 Å². The molecule has 0 spiro atoms. The largest absolute Gasteiger partial charge is 0.392 e. The average Bonchev–Trinajstić information content (AvgIpc) is 2.38. The van der Waals surface area contributed by atoms with E-state index < -0.39 is 21.0 Å². The van der Waals surface area contributed by atoms with Crippen molar-refractivity contribution in [2.24, 2.45) is 0 Å². The fourth-order valence-corrected chi connectivity index (χ4v) is 4.04. The van der Waals surface area contributed by atoms with Gasteiger partial charge in [0.05, 0.1) is 12.4 Å². The summed E-state index contributed by atoms with van der Waals surface area (Å²) in [4.78, 5) is 12.1. The lowest BCUT2D eigenvalue weighted by atomic mass is 10.1. The van der Waals surface area contributed by atoms with Crippen molar-refractivity contribution in [1.82, 2.24) is 0 Å². The van der Waals surface area contributed by atoms with Crippen LogP contribution in [0, 0.1) is 0 Å². The smallest absolute Gasteiger partial charge is 0.242 e. The maximum atomic E-state index is 12.1. The standard InChI is InChI=1S/C13H17NO4S/c15-9-10-5-1-2-6-11(10)14-13(16)12-7-3-4-8-19(12,17)18/h1-2,5-6,12,15H,3-4,7-9H2,(H,14,16). The minimum atomic E-state index is -3.34. The Morgan fingerprint density at radius 3 is 2.74 bits per heavy atom. The number of rotatable bonds is 3. The van der Waals surface area contributed by atoms with Crippen LogP contribution in [0.4, 0.5) is 5.69 Å². The van der Waals surface area contributed by atoms with E-state index in [0.717, 1.165) is 6.42 Å². The number of para-hydroxylation sites is 1. The summed E-state index contributed by atoms with van der Waals surface area (Å²) in [5.41, 5.74) is 1.04. The van der Waals surface area contributed by atoms with E-state index in [1.165, 1.54) is 0 Å². The second kappa shape index (κ2) is 5.71. The minimum Gasteiger partial charge on any atom is -0.392 e. The lowest BCUT2D eigenvalue weighted by molar-refractivity contribution is -0.116. The average molecular weight is 283 g/mol. The highest BCUT2D eigenvalue weighted by atomic mass is 32.2. The van der Waals surface area contributed by atoms with Crippen molar-refractivity contribution in [2.45, 2.75) is 31.1 Å². The number of hydrogen-bond acceptors (Lipinski definition) is 4. The number of anilines is 1. The highest BCUT2D eigenvalue weighted by molar-refractivity contribution is 7.92. The summed E-state index contributed by atoms with van der Waals surface area (Å²) in [6, 6.07) is 6.81. The Balaban J connectivity index is 2.17. The molecule has 0 saturated carbocycles. The summed E-state index contributed by atoms with van der Waals surface area (Å²) in [7, 11) is -3.34. The van der Waals surface area contributed by atoms with E-state index in [0.29, 0.717) is 24.1 Å². The number of nitrogens with one attached hydrogen (secondary N) is 1. The lowest BCUT2D eigenvalue weighted by Gasteiger charge is -2.21. The zero-order valence-electron chi connectivity index (χ0n) is 10.5. The Labute approximate surface area is 112 Å². The Morgan fingerprint density at radius 2 is 2.05 bits per heavy atom. The van der Waals surface area contributed by atoms with Crippen molar-refractivity contribution in [3.05, 3.63) is 29.8 Å². The predicted molar refractivity (Wildman–Crippen MR) is 72.4 cm³/mol. The Bertz CT molecular complexity index is 568. The molecule has 1 saturated heterocycles. The molecule has 1 unspecified atom stereocenters. The van der Waals surface area contributed by atoms with Gasteiger partial charge >= 0.3 is 0 Å². The second-order valence-electron chi connectivity index (χ2n) is 4.66.